The maximum Gasteiger partial charge on any atom is 0.307 e. The van der Waals surface area contributed by atoms with E-state index in [-0.39, 0.29) is 5.97 Å². The van der Waals surface area contributed by atoms with Gasteiger partial charge in [0, 0.05) is 12.6 Å². The molecule has 0 heterocycles. The van der Waals surface area contributed by atoms with Crippen molar-refractivity contribution >= 4 is 5.97 Å². The van der Waals surface area contributed by atoms with E-state index in [1.54, 1.807) is 6.92 Å². The third-order valence-corrected chi connectivity index (χ3v) is 0.862. The Balaban J connectivity index is 3.15. The maximum atomic E-state index is 10.6. The van der Waals surface area contributed by atoms with Gasteiger partial charge in [0.25, 0.3) is 0 Å². The third kappa shape index (κ3) is 4.98. The highest BCUT2D eigenvalue weighted by Crippen LogP contribution is 1.82. The highest BCUT2D eigenvalue weighted by molar-refractivity contribution is 5.69. The Labute approximate surface area is 60.8 Å². The average Bonchev–Trinajstić information content (AvgIpc) is 1.89. The van der Waals surface area contributed by atoms with Crippen LogP contribution in [-0.2, 0) is 9.53 Å². The van der Waals surface area contributed by atoms with E-state index in [2.05, 4.69) is 16.1 Å². The lowest BCUT2D eigenvalue weighted by atomic mass is 10.4. The molecule has 3 nitrogen and oxygen atoms in total. The first-order valence-corrected chi connectivity index (χ1v) is 3.15. The second-order valence-electron chi connectivity index (χ2n) is 1.63. The lowest BCUT2D eigenvalue weighted by Gasteiger charge is -1.99. The van der Waals surface area contributed by atoms with Crippen LogP contribution in [0, 0.1) is 12.5 Å². The van der Waals surface area contributed by atoms with E-state index >= 15 is 0 Å². The Hall–Kier alpha value is -1.17. The molecule has 10 heavy (non-hydrogen) atoms. The van der Waals surface area contributed by atoms with Gasteiger partial charge in [-0.05, 0) is 6.92 Å². The monoisotopic (exact) mass is 141 g/mol. The fourth-order valence-electron chi connectivity index (χ4n) is 0.470. The summed E-state index contributed by atoms with van der Waals surface area (Å²) in [6.45, 7) is 2.68. The van der Waals surface area contributed by atoms with Gasteiger partial charge in [-0.3, -0.25) is 4.79 Å². The molecule has 0 radical (unpaired) electrons. The topological polar surface area (TPSA) is 38.3 Å². The summed E-state index contributed by atoms with van der Waals surface area (Å²) in [6.07, 6.45) is 5.21. The van der Waals surface area contributed by atoms with Gasteiger partial charge in [-0.2, -0.15) is 0 Å². The molecule has 0 bridgehead atoms. The smallest absolute Gasteiger partial charge is 0.307 e. The minimum absolute atomic E-state index is 0.217. The van der Waals surface area contributed by atoms with Crippen molar-refractivity contribution in [3.05, 3.63) is 0 Å². The number of hydrogen-bond donors (Lipinski definition) is 1. The number of rotatable bonds is 4. The van der Waals surface area contributed by atoms with Gasteiger partial charge >= 0.3 is 5.97 Å². The summed E-state index contributed by atoms with van der Waals surface area (Å²) >= 11 is 0. The van der Waals surface area contributed by atoms with Crippen LogP contribution in [0.15, 0.2) is 0 Å². The van der Waals surface area contributed by atoms with Crippen LogP contribution in [-0.4, -0.2) is 19.1 Å². The molecule has 56 valence electrons. The van der Waals surface area contributed by atoms with Crippen LogP contribution in [0.3, 0.4) is 0 Å². The highest BCUT2D eigenvalue weighted by atomic mass is 16.5. The van der Waals surface area contributed by atoms with Crippen LogP contribution in [0.25, 0.3) is 0 Å². The van der Waals surface area contributed by atoms with Crippen molar-refractivity contribution < 1.29 is 9.53 Å². The first-order valence-electron chi connectivity index (χ1n) is 3.15. The zero-order chi connectivity index (χ0) is 7.82. The third-order valence-electron chi connectivity index (χ3n) is 0.862. The number of hydrogen-bond acceptors (Lipinski definition) is 3. The molecule has 0 rings (SSSR count). The number of esters is 1. The van der Waals surface area contributed by atoms with Crippen LogP contribution in [0.5, 0.6) is 0 Å². The standard InChI is InChI=1S/C7H11NO2/c1-3-8-6-5-7(9)10-4-2/h1,8H,4-6H2,2H3. The Morgan fingerprint density at radius 3 is 3.00 bits per heavy atom. The second-order valence-corrected chi connectivity index (χ2v) is 1.63. The molecule has 1 N–H and O–H groups in total. The maximum absolute atomic E-state index is 10.6. The molecule has 3 heteroatoms. The summed E-state index contributed by atoms with van der Waals surface area (Å²) < 4.78 is 4.64. The highest BCUT2D eigenvalue weighted by Gasteiger charge is 1.97. The zero-order valence-electron chi connectivity index (χ0n) is 6.02. The summed E-state index contributed by atoms with van der Waals surface area (Å²) in [6, 6.07) is 2.21. The number of ether oxygens (including phenoxy) is 1. The van der Waals surface area contributed by atoms with Gasteiger partial charge < -0.3 is 10.1 Å². The molecule has 0 aliphatic rings. The Bertz CT molecular complexity index is 137. The van der Waals surface area contributed by atoms with Gasteiger partial charge in [0.2, 0.25) is 0 Å². The van der Waals surface area contributed by atoms with Gasteiger partial charge in [0.15, 0.2) is 0 Å². The molecule has 0 fully saturated rings. The molecule has 0 aromatic heterocycles. The van der Waals surface area contributed by atoms with Crippen molar-refractivity contribution in [2.45, 2.75) is 13.3 Å². The number of nitrogens with one attached hydrogen (secondary N) is 1. The van der Waals surface area contributed by atoms with Crippen LogP contribution in [0.1, 0.15) is 13.3 Å². The van der Waals surface area contributed by atoms with Crippen LogP contribution in [0.4, 0.5) is 0 Å². The predicted octanol–water partition coefficient (Wildman–Crippen LogP) is 0.120. The Morgan fingerprint density at radius 2 is 2.50 bits per heavy atom. The number of carbonyl (C=O) groups is 1. The minimum atomic E-state index is -0.217. The molecule has 0 aromatic rings. The van der Waals surface area contributed by atoms with E-state index in [1.165, 1.54) is 0 Å². The predicted molar refractivity (Wildman–Crippen MR) is 38.1 cm³/mol. The van der Waals surface area contributed by atoms with Crippen molar-refractivity contribution in [2.24, 2.45) is 0 Å². The lowest BCUT2D eigenvalue weighted by Crippen LogP contribution is -2.14. The van der Waals surface area contributed by atoms with Gasteiger partial charge in [-0.15, -0.1) is 0 Å². The molecule has 0 saturated carbocycles. The van der Waals surface area contributed by atoms with Crippen molar-refractivity contribution in [2.75, 3.05) is 13.2 Å². The van der Waals surface area contributed by atoms with Crippen LogP contribution in [0.2, 0.25) is 0 Å². The lowest BCUT2D eigenvalue weighted by molar-refractivity contribution is -0.142. The summed E-state index contributed by atoms with van der Waals surface area (Å²) in [4.78, 5) is 10.6. The molecule has 0 amide bonds. The van der Waals surface area contributed by atoms with Crippen molar-refractivity contribution in [1.82, 2.24) is 5.32 Å². The molecular weight excluding hydrogens is 130 g/mol. The Kier molecular flexibility index (Phi) is 5.26. The van der Waals surface area contributed by atoms with E-state index in [0.29, 0.717) is 19.6 Å². The first kappa shape index (κ1) is 8.83. The molecule has 0 unspecified atom stereocenters. The van der Waals surface area contributed by atoms with Gasteiger partial charge in [-0.1, -0.05) is 6.42 Å². The normalized spacial score (nSPS) is 8.00. The molecule has 0 saturated heterocycles. The molecule has 0 aliphatic heterocycles. The van der Waals surface area contributed by atoms with Gasteiger partial charge in [0.05, 0.1) is 13.0 Å². The Morgan fingerprint density at radius 1 is 1.80 bits per heavy atom. The van der Waals surface area contributed by atoms with E-state index < -0.39 is 0 Å². The van der Waals surface area contributed by atoms with Crippen LogP contribution >= 0.6 is 0 Å². The molecule has 0 spiro atoms. The van der Waals surface area contributed by atoms with Gasteiger partial charge in [-0.25, -0.2) is 0 Å². The van der Waals surface area contributed by atoms with E-state index in [1.807, 2.05) is 0 Å². The van der Waals surface area contributed by atoms with Gasteiger partial charge in [0.1, 0.15) is 0 Å². The van der Waals surface area contributed by atoms with E-state index in [9.17, 15) is 4.79 Å². The van der Waals surface area contributed by atoms with Crippen molar-refractivity contribution in [3.8, 4) is 12.5 Å². The fraction of sp³-hybridized carbons (Fsp3) is 0.571. The van der Waals surface area contributed by atoms with Crippen molar-refractivity contribution in [3.63, 3.8) is 0 Å². The fourth-order valence-corrected chi connectivity index (χ4v) is 0.470. The first-order chi connectivity index (χ1) is 4.81. The van der Waals surface area contributed by atoms with E-state index in [4.69, 9.17) is 6.42 Å². The molecular formula is C7H11NO2. The average molecular weight is 141 g/mol. The minimum Gasteiger partial charge on any atom is -0.466 e. The zero-order valence-corrected chi connectivity index (χ0v) is 6.02. The van der Waals surface area contributed by atoms with Crippen molar-refractivity contribution in [1.29, 1.82) is 0 Å². The molecule has 0 atom stereocenters. The summed E-state index contributed by atoms with van der Waals surface area (Å²) in [5.74, 6) is -0.217. The SMILES string of the molecule is C#CNCCC(=O)OCC. The second kappa shape index (κ2) is 5.96. The summed E-state index contributed by atoms with van der Waals surface area (Å²) in [5, 5.41) is 2.56. The quantitative estimate of drug-likeness (QED) is 0.261. The molecule has 0 aromatic carbocycles. The summed E-state index contributed by atoms with van der Waals surface area (Å²) in [7, 11) is 0. The largest absolute Gasteiger partial charge is 0.466 e. The number of carbonyl (C=O) groups excluding carboxylic acids is 1. The number of terminal acetylenes is 1. The van der Waals surface area contributed by atoms with Crippen LogP contribution < -0.4 is 5.32 Å². The molecule has 0 aliphatic carbocycles. The summed E-state index contributed by atoms with van der Waals surface area (Å²) in [5.41, 5.74) is 0. The van der Waals surface area contributed by atoms with E-state index in [0.717, 1.165) is 0 Å².